The number of carbonyl (C=O) groups is 2. The molecule has 0 saturated carbocycles. The summed E-state index contributed by atoms with van der Waals surface area (Å²) in [5.41, 5.74) is 0.517. The lowest BCUT2D eigenvalue weighted by Crippen LogP contribution is -2.43. The fourth-order valence-corrected chi connectivity index (χ4v) is 3.06. The summed E-state index contributed by atoms with van der Waals surface area (Å²) >= 11 is 6.15. The average Bonchev–Trinajstić information content (AvgIpc) is 2.92. The maximum atomic E-state index is 12.9. The molecule has 1 aliphatic rings. The second-order valence-corrected chi connectivity index (χ2v) is 6.29. The van der Waals surface area contributed by atoms with Crippen molar-refractivity contribution in [3.05, 3.63) is 76.8 Å². The highest BCUT2D eigenvalue weighted by atomic mass is 35.5. The summed E-state index contributed by atoms with van der Waals surface area (Å²) in [5.74, 6) is -0.420. The molecule has 132 valence electrons. The molecule has 1 heterocycles. The van der Waals surface area contributed by atoms with Crippen LogP contribution in [0.3, 0.4) is 0 Å². The van der Waals surface area contributed by atoms with E-state index in [9.17, 15) is 9.59 Å². The van der Waals surface area contributed by atoms with Gasteiger partial charge in [0.05, 0.1) is 11.2 Å². The summed E-state index contributed by atoms with van der Waals surface area (Å²) in [6, 6.07) is 18.0. The number of nitrogens with one attached hydrogen (secondary N) is 1. The largest absolute Gasteiger partial charge is 0.346 e. The highest BCUT2D eigenvalue weighted by Crippen LogP contribution is 2.32. The Kier molecular flexibility index (Phi) is 5.19. The second-order valence-electron chi connectivity index (χ2n) is 5.86. The quantitative estimate of drug-likeness (QED) is 0.638. The first-order valence-corrected chi connectivity index (χ1v) is 8.63. The molecule has 1 N–H and O–H groups in total. The number of halogens is 1. The van der Waals surface area contributed by atoms with Crippen molar-refractivity contribution in [1.29, 1.82) is 0 Å². The van der Waals surface area contributed by atoms with Crippen LogP contribution in [-0.4, -0.2) is 23.2 Å². The summed E-state index contributed by atoms with van der Waals surface area (Å²) in [5, 5.41) is 7.91. The SMILES string of the molecule is CC[C@]1(c2ccccc2)NC(=O)N(/N=C\C(Cl)=C\c2ccccc2)C1=O. The van der Waals surface area contributed by atoms with Crippen molar-refractivity contribution in [1.82, 2.24) is 10.3 Å². The summed E-state index contributed by atoms with van der Waals surface area (Å²) in [4.78, 5) is 25.2. The predicted octanol–water partition coefficient (Wildman–Crippen LogP) is 4.11. The van der Waals surface area contributed by atoms with Gasteiger partial charge >= 0.3 is 6.03 Å². The van der Waals surface area contributed by atoms with Gasteiger partial charge in [-0.2, -0.15) is 5.10 Å². The molecular formula is C20H18ClN3O2. The fraction of sp³-hybridized carbons (Fsp3) is 0.150. The molecule has 2 aromatic rings. The number of amides is 3. The zero-order valence-corrected chi connectivity index (χ0v) is 15.0. The minimum atomic E-state index is -1.11. The van der Waals surface area contributed by atoms with Crippen LogP contribution in [0.25, 0.3) is 6.08 Å². The van der Waals surface area contributed by atoms with E-state index in [-0.39, 0.29) is 0 Å². The number of hydrogen-bond acceptors (Lipinski definition) is 3. The van der Waals surface area contributed by atoms with Gasteiger partial charge in [-0.3, -0.25) is 4.79 Å². The lowest BCUT2D eigenvalue weighted by Gasteiger charge is -2.24. The van der Waals surface area contributed by atoms with Crippen molar-refractivity contribution >= 4 is 35.8 Å². The molecule has 1 atom stereocenters. The van der Waals surface area contributed by atoms with Crippen LogP contribution in [0.4, 0.5) is 4.79 Å². The number of imide groups is 1. The van der Waals surface area contributed by atoms with Crippen molar-refractivity contribution in [2.75, 3.05) is 0 Å². The topological polar surface area (TPSA) is 61.8 Å². The molecular weight excluding hydrogens is 350 g/mol. The van der Waals surface area contributed by atoms with Gasteiger partial charge in [0.25, 0.3) is 5.91 Å². The lowest BCUT2D eigenvalue weighted by atomic mass is 9.87. The molecule has 5 nitrogen and oxygen atoms in total. The zero-order chi connectivity index (χ0) is 18.6. The van der Waals surface area contributed by atoms with Crippen LogP contribution in [0, 0.1) is 0 Å². The first-order valence-electron chi connectivity index (χ1n) is 8.25. The monoisotopic (exact) mass is 367 g/mol. The van der Waals surface area contributed by atoms with Crippen LogP contribution in [-0.2, 0) is 10.3 Å². The first-order chi connectivity index (χ1) is 12.6. The molecule has 0 bridgehead atoms. The molecule has 0 aliphatic carbocycles. The van der Waals surface area contributed by atoms with Gasteiger partial charge in [0, 0.05) is 0 Å². The number of nitrogens with zero attached hydrogens (tertiary/aromatic N) is 2. The van der Waals surface area contributed by atoms with E-state index in [1.807, 2.05) is 67.6 Å². The van der Waals surface area contributed by atoms with E-state index < -0.39 is 17.5 Å². The molecule has 3 amide bonds. The molecule has 0 unspecified atom stereocenters. The smallest absolute Gasteiger partial charge is 0.318 e. The van der Waals surface area contributed by atoms with Crippen molar-refractivity contribution in [2.24, 2.45) is 5.10 Å². The van der Waals surface area contributed by atoms with Gasteiger partial charge in [-0.05, 0) is 23.6 Å². The Labute approximate surface area is 157 Å². The van der Waals surface area contributed by atoms with Crippen LogP contribution in [0.1, 0.15) is 24.5 Å². The van der Waals surface area contributed by atoms with Crippen molar-refractivity contribution in [2.45, 2.75) is 18.9 Å². The predicted molar refractivity (Wildman–Crippen MR) is 103 cm³/mol. The van der Waals surface area contributed by atoms with Crippen LogP contribution < -0.4 is 5.32 Å². The standard InChI is InChI=1S/C20H18ClN3O2/c1-2-20(16-11-7-4-8-12-16)18(25)24(19(26)23-20)22-14-17(21)13-15-9-5-3-6-10-15/h3-14H,2H2,1H3,(H,23,26)/b17-13-,22-14-/t20-/m1/s1. The van der Waals surface area contributed by atoms with Crippen LogP contribution in [0.15, 0.2) is 70.8 Å². The molecule has 1 saturated heterocycles. The zero-order valence-electron chi connectivity index (χ0n) is 14.2. The van der Waals surface area contributed by atoms with Crippen LogP contribution in [0.2, 0.25) is 0 Å². The van der Waals surface area contributed by atoms with Crippen molar-refractivity contribution < 1.29 is 9.59 Å². The Bertz CT molecular complexity index is 865. The summed E-state index contributed by atoms with van der Waals surface area (Å²) in [6.07, 6.45) is 3.41. The van der Waals surface area contributed by atoms with Gasteiger partial charge in [0.1, 0.15) is 5.54 Å². The van der Waals surface area contributed by atoms with Crippen molar-refractivity contribution in [3.63, 3.8) is 0 Å². The molecule has 0 radical (unpaired) electrons. The number of allylic oxidation sites excluding steroid dienone is 1. The minimum Gasteiger partial charge on any atom is -0.318 e. The first kappa shape index (κ1) is 17.9. The van der Waals surface area contributed by atoms with Gasteiger partial charge in [-0.1, -0.05) is 79.2 Å². The second kappa shape index (κ2) is 7.54. The van der Waals surface area contributed by atoms with Crippen molar-refractivity contribution in [3.8, 4) is 0 Å². The number of hydrazone groups is 1. The minimum absolute atomic E-state index is 0.311. The average molecular weight is 368 g/mol. The molecule has 0 aromatic heterocycles. The highest BCUT2D eigenvalue weighted by molar-refractivity contribution is 6.41. The normalized spacial score (nSPS) is 20.7. The Morgan fingerprint density at radius 1 is 1.12 bits per heavy atom. The fourth-order valence-electron chi connectivity index (χ4n) is 2.89. The van der Waals surface area contributed by atoms with Crippen LogP contribution in [0.5, 0.6) is 0 Å². The summed E-state index contributed by atoms with van der Waals surface area (Å²) in [7, 11) is 0. The maximum Gasteiger partial charge on any atom is 0.346 e. The van der Waals surface area contributed by atoms with E-state index in [1.54, 1.807) is 6.08 Å². The summed E-state index contributed by atoms with van der Waals surface area (Å²) < 4.78 is 0. The number of rotatable bonds is 5. The number of benzene rings is 2. The third kappa shape index (κ3) is 3.39. The van der Waals surface area contributed by atoms with Gasteiger partial charge in [-0.25, -0.2) is 4.79 Å². The van der Waals surface area contributed by atoms with E-state index >= 15 is 0 Å². The Morgan fingerprint density at radius 3 is 2.35 bits per heavy atom. The highest BCUT2D eigenvalue weighted by Gasteiger charge is 2.51. The van der Waals surface area contributed by atoms with Gasteiger partial charge < -0.3 is 5.32 Å². The third-order valence-corrected chi connectivity index (χ3v) is 4.47. The molecule has 1 fully saturated rings. The summed E-state index contributed by atoms with van der Waals surface area (Å²) in [6.45, 7) is 1.85. The van der Waals surface area contributed by atoms with Gasteiger partial charge in [0.15, 0.2) is 0 Å². The molecule has 1 aliphatic heterocycles. The van der Waals surface area contributed by atoms with E-state index in [4.69, 9.17) is 11.6 Å². The maximum absolute atomic E-state index is 12.9. The van der Waals surface area contributed by atoms with Gasteiger partial charge in [-0.15, -0.1) is 5.01 Å². The van der Waals surface area contributed by atoms with E-state index in [1.165, 1.54) is 6.21 Å². The Balaban J connectivity index is 1.84. The molecule has 3 rings (SSSR count). The molecule has 2 aromatic carbocycles. The van der Waals surface area contributed by atoms with Crippen LogP contribution >= 0.6 is 11.6 Å². The number of hydrogen-bond donors (Lipinski definition) is 1. The molecule has 0 spiro atoms. The number of carbonyl (C=O) groups excluding carboxylic acids is 2. The molecule has 6 heteroatoms. The lowest BCUT2D eigenvalue weighted by molar-refractivity contribution is -0.131. The van der Waals surface area contributed by atoms with E-state index in [0.29, 0.717) is 11.5 Å². The Hall–Kier alpha value is -2.92. The Morgan fingerprint density at radius 2 is 1.73 bits per heavy atom. The van der Waals surface area contributed by atoms with E-state index in [0.717, 1.165) is 16.1 Å². The van der Waals surface area contributed by atoms with E-state index in [2.05, 4.69) is 10.4 Å². The molecule has 26 heavy (non-hydrogen) atoms. The van der Waals surface area contributed by atoms with Gasteiger partial charge in [0.2, 0.25) is 0 Å². The number of urea groups is 1. The third-order valence-electron chi connectivity index (χ3n) is 4.27.